The van der Waals surface area contributed by atoms with Crippen molar-refractivity contribution in [1.82, 2.24) is 15.1 Å². The van der Waals surface area contributed by atoms with E-state index in [1.807, 2.05) is 26.1 Å². The van der Waals surface area contributed by atoms with Crippen molar-refractivity contribution < 1.29 is 4.74 Å². The highest BCUT2D eigenvalue weighted by molar-refractivity contribution is 6.35. The van der Waals surface area contributed by atoms with Crippen molar-refractivity contribution >= 4 is 23.2 Å². The van der Waals surface area contributed by atoms with Crippen molar-refractivity contribution in [3.63, 3.8) is 0 Å². The summed E-state index contributed by atoms with van der Waals surface area (Å²) in [7, 11) is 3.52. The van der Waals surface area contributed by atoms with Gasteiger partial charge in [-0.25, -0.2) is 4.68 Å². The molecule has 0 bridgehead atoms. The maximum Gasteiger partial charge on any atom is 0.216 e. The fourth-order valence-corrected chi connectivity index (χ4v) is 2.93. The van der Waals surface area contributed by atoms with Gasteiger partial charge in [-0.2, -0.15) is 5.10 Å². The number of rotatable bonds is 5. The van der Waals surface area contributed by atoms with Crippen LogP contribution < -0.4 is 10.1 Å². The molecule has 0 unspecified atom stereocenters. The Morgan fingerprint density at radius 3 is 2.71 bits per heavy atom. The summed E-state index contributed by atoms with van der Waals surface area (Å²) >= 11 is 12.2. The summed E-state index contributed by atoms with van der Waals surface area (Å²) in [6.45, 7) is 4.69. The second kappa shape index (κ2) is 6.69. The van der Waals surface area contributed by atoms with E-state index in [9.17, 15) is 0 Å². The minimum absolute atomic E-state index is 0.0964. The fraction of sp³-hybridized carbons (Fsp3) is 0.400. The van der Waals surface area contributed by atoms with Crippen LogP contribution in [0.2, 0.25) is 10.0 Å². The zero-order chi connectivity index (χ0) is 15.6. The molecule has 21 heavy (non-hydrogen) atoms. The van der Waals surface area contributed by atoms with Gasteiger partial charge in [0.25, 0.3) is 0 Å². The molecule has 4 nitrogen and oxygen atoms in total. The molecule has 0 fully saturated rings. The van der Waals surface area contributed by atoms with Gasteiger partial charge in [-0.1, -0.05) is 29.3 Å². The van der Waals surface area contributed by atoms with Crippen LogP contribution in [-0.2, 0) is 13.6 Å². The molecule has 1 heterocycles. The standard InChI is InChI=1S/C15H19Cl2N3O/c1-9(12-6-5-11(16)7-14(12)17)18-8-13-10(2)19-20(3)15(13)21-4/h5-7,9,18H,8H2,1-4H3/t9-/m0/s1. The van der Waals surface area contributed by atoms with Crippen LogP contribution in [-0.4, -0.2) is 16.9 Å². The Kier molecular flexibility index (Phi) is 5.14. The minimum atomic E-state index is 0.0964. The largest absolute Gasteiger partial charge is 0.481 e. The zero-order valence-corrected chi connectivity index (χ0v) is 14.1. The second-order valence-electron chi connectivity index (χ2n) is 4.97. The van der Waals surface area contributed by atoms with Crippen LogP contribution in [0.25, 0.3) is 0 Å². The van der Waals surface area contributed by atoms with Crippen molar-refractivity contribution in [2.24, 2.45) is 7.05 Å². The van der Waals surface area contributed by atoms with E-state index in [-0.39, 0.29) is 6.04 Å². The third-order valence-corrected chi connectivity index (χ3v) is 4.06. The zero-order valence-electron chi connectivity index (χ0n) is 12.6. The fourth-order valence-electron chi connectivity index (χ4n) is 2.36. The molecular weight excluding hydrogens is 309 g/mol. The van der Waals surface area contributed by atoms with Crippen molar-refractivity contribution in [2.75, 3.05) is 7.11 Å². The Balaban J connectivity index is 2.12. The third kappa shape index (κ3) is 3.51. The van der Waals surface area contributed by atoms with Gasteiger partial charge in [-0.3, -0.25) is 0 Å². The SMILES string of the molecule is COc1c(CN[C@@H](C)c2ccc(Cl)cc2Cl)c(C)nn1C. The summed E-state index contributed by atoms with van der Waals surface area (Å²) in [6.07, 6.45) is 0. The average Bonchev–Trinajstić information content (AvgIpc) is 2.69. The Bertz CT molecular complexity index is 640. The van der Waals surface area contributed by atoms with E-state index in [1.54, 1.807) is 17.9 Å². The Labute approximate surface area is 135 Å². The molecule has 0 aliphatic rings. The topological polar surface area (TPSA) is 39.1 Å². The molecule has 114 valence electrons. The number of aromatic nitrogens is 2. The summed E-state index contributed by atoms with van der Waals surface area (Å²) < 4.78 is 7.13. The molecule has 0 aliphatic carbocycles. The van der Waals surface area contributed by atoms with Gasteiger partial charge in [0.2, 0.25) is 5.88 Å². The Morgan fingerprint density at radius 1 is 1.38 bits per heavy atom. The summed E-state index contributed by atoms with van der Waals surface area (Å²) in [5.41, 5.74) is 3.02. The lowest BCUT2D eigenvalue weighted by Crippen LogP contribution is -2.19. The molecule has 2 rings (SSSR count). The number of methoxy groups -OCH3 is 1. The van der Waals surface area contributed by atoms with Crippen LogP contribution in [0.1, 0.15) is 29.8 Å². The minimum Gasteiger partial charge on any atom is -0.481 e. The molecule has 0 radical (unpaired) electrons. The van der Waals surface area contributed by atoms with Crippen LogP contribution in [0.15, 0.2) is 18.2 Å². The van der Waals surface area contributed by atoms with Gasteiger partial charge in [0.1, 0.15) is 0 Å². The summed E-state index contributed by atoms with van der Waals surface area (Å²) in [5.74, 6) is 0.773. The molecule has 0 spiro atoms. The first kappa shape index (κ1) is 16.1. The van der Waals surface area contributed by atoms with Crippen molar-refractivity contribution in [1.29, 1.82) is 0 Å². The highest BCUT2D eigenvalue weighted by Gasteiger charge is 2.16. The summed E-state index contributed by atoms with van der Waals surface area (Å²) in [5, 5.41) is 9.12. The highest BCUT2D eigenvalue weighted by atomic mass is 35.5. The second-order valence-corrected chi connectivity index (χ2v) is 5.81. The first-order valence-electron chi connectivity index (χ1n) is 6.68. The maximum absolute atomic E-state index is 6.23. The first-order chi connectivity index (χ1) is 9.93. The number of aryl methyl sites for hydroxylation is 2. The number of benzene rings is 1. The van der Waals surface area contributed by atoms with Gasteiger partial charge < -0.3 is 10.1 Å². The van der Waals surface area contributed by atoms with Gasteiger partial charge in [-0.15, -0.1) is 0 Å². The van der Waals surface area contributed by atoms with Gasteiger partial charge in [-0.05, 0) is 31.5 Å². The molecule has 1 aromatic heterocycles. The number of nitrogens with zero attached hydrogens (tertiary/aromatic N) is 2. The van der Waals surface area contributed by atoms with Gasteiger partial charge >= 0.3 is 0 Å². The molecule has 1 aromatic carbocycles. The van der Waals surface area contributed by atoms with Crippen LogP contribution in [0.4, 0.5) is 0 Å². The summed E-state index contributed by atoms with van der Waals surface area (Å²) in [6, 6.07) is 5.64. The number of ether oxygens (including phenoxy) is 1. The van der Waals surface area contributed by atoms with E-state index >= 15 is 0 Å². The van der Waals surface area contributed by atoms with E-state index < -0.39 is 0 Å². The maximum atomic E-state index is 6.23. The van der Waals surface area contributed by atoms with Crippen molar-refractivity contribution in [2.45, 2.75) is 26.4 Å². The molecule has 0 amide bonds. The quantitative estimate of drug-likeness (QED) is 0.905. The molecule has 1 atom stereocenters. The first-order valence-corrected chi connectivity index (χ1v) is 7.44. The number of hydrogen-bond acceptors (Lipinski definition) is 3. The van der Waals surface area contributed by atoms with Gasteiger partial charge in [0.05, 0.1) is 18.4 Å². The highest BCUT2D eigenvalue weighted by Crippen LogP contribution is 2.27. The number of hydrogen-bond donors (Lipinski definition) is 1. The molecule has 6 heteroatoms. The smallest absolute Gasteiger partial charge is 0.216 e. The van der Waals surface area contributed by atoms with E-state index in [4.69, 9.17) is 27.9 Å². The Hall–Kier alpha value is -1.23. The lowest BCUT2D eigenvalue weighted by molar-refractivity contribution is 0.367. The van der Waals surface area contributed by atoms with E-state index in [2.05, 4.69) is 17.3 Å². The predicted octanol–water partition coefficient (Wildman–Crippen LogP) is 3.89. The predicted molar refractivity (Wildman–Crippen MR) is 86.2 cm³/mol. The molecule has 0 saturated heterocycles. The molecule has 2 aromatic rings. The van der Waals surface area contributed by atoms with Crippen LogP contribution in [0.5, 0.6) is 5.88 Å². The van der Waals surface area contributed by atoms with E-state index in [0.29, 0.717) is 16.6 Å². The summed E-state index contributed by atoms with van der Waals surface area (Å²) in [4.78, 5) is 0. The van der Waals surface area contributed by atoms with Crippen molar-refractivity contribution in [3.8, 4) is 5.88 Å². The molecular formula is C15H19Cl2N3O. The molecule has 1 N–H and O–H groups in total. The molecule has 0 aliphatic heterocycles. The van der Waals surface area contributed by atoms with Crippen LogP contribution >= 0.6 is 23.2 Å². The number of halogens is 2. The molecule has 0 saturated carbocycles. The normalized spacial score (nSPS) is 12.5. The lowest BCUT2D eigenvalue weighted by Gasteiger charge is -2.16. The van der Waals surface area contributed by atoms with Crippen LogP contribution in [0, 0.1) is 6.92 Å². The lowest BCUT2D eigenvalue weighted by atomic mass is 10.1. The van der Waals surface area contributed by atoms with E-state index in [0.717, 1.165) is 22.7 Å². The van der Waals surface area contributed by atoms with Crippen LogP contribution in [0.3, 0.4) is 0 Å². The van der Waals surface area contributed by atoms with Crippen molar-refractivity contribution in [3.05, 3.63) is 45.1 Å². The van der Waals surface area contributed by atoms with Gasteiger partial charge in [0, 0.05) is 29.7 Å². The Morgan fingerprint density at radius 2 is 2.10 bits per heavy atom. The monoisotopic (exact) mass is 327 g/mol. The number of nitrogens with one attached hydrogen (secondary N) is 1. The third-order valence-electron chi connectivity index (χ3n) is 3.50. The van der Waals surface area contributed by atoms with Gasteiger partial charge in [0.15, 0.2) is 0 Å². The van der Waals surface area contributed by atoms with E-state index in [1.165, 1.54) is 0 Å². The average molecular weight is 328 g/mol.